The second-order valence-electron chi connectivity index (χ2n) is 6.66. The van der Waals surface area contributed by atoms with Crippen molar-refractivity contribution in [2.24, 2.45) is 0 Å². The summed E-state index contributed by atoms with van der Waals surface area (Å²) in [6, 6.07) is 13.9. The smallest absolute Gasteiger partial charge is 0.265 e. The summed E-state index contributed by atoms with van der Waals surface area (Å²) in [5, 5.41) is 2.92. The highest BCUT2D eigenvalue weighted by Crippen LogP contribution is 2.22. The molecule has 0 bridgehead atoms. The van der Waals surface area contributed by atoms with Crippen molar-refractivity contribution in [1.29, 1.82) is 0 Å². The Morgan fingerprint density at radius 1 is 1.12 bits per heavy atom. The molecule has 0 aromatic heterocycles. The Hall–Kier alpha value is -2.53. The molecule has 1 atom stereocenters. The van der Waals surface area contributed by atoms with Crippen LogP contribution >= 0.6 is 0 Å². The van der Waals surface area contributed by atoms with Gasteiger partial charge in [-0.25, -0.2) is 0 Å². The zero-order chi connectivity index (χ0) is 18.5. The Balaban J connectivity index is 1.59. The van der Waals surface area contributed by atoms with Crippen LogP contribution in [0.2, 0.25) is 0 Å². The molecule has 5 nitrogen and oxygen atoms in total. The fraction of sp³-hybridized carbons (Fsp3) is 0.381. The van der Waals surface area contributed by atoms with Crippen LogP contribution in [0.1, 0.15) is 18.1 Å². The highest BCUT2D eigenvalue weighted by molar-refractivity contribution is 5.94. The number of benzene rings is 2. The molecule has 3 rings (SSSR count). The lowest BCUT2D eigenvalue weighted by molar-refractivity contribution is -0.122. The average molecular weight is 354 g/mol. The number of ether oxygens (including phenoxy) is 2. The van der Waals surface area contributed by atoms with Crippen molar-refractivity contribution in [3.05, 3.63) is 53.6 Å². The second-order valence-corrected chi connectivity index (χ2v) is 6.66. The first-order valence-electron chi connectivity index (χ1n) is 9.00. The van der Waals surface area contributed by atoms with E-state index in [4.69, 9.17) is 9.47 Å². The van der Waals surface area contributed by atoms with Gasteiger partial charge in [0.2, 0.25) is 0 Å². The second kappa shape index (κ2) is 8.23. The van der Waals surface area contributed by atoms with Gasteiger partial charge in [0.25, 0.3) is 5.91 Å². The van der Waals surface area contributed by atoms with Gasteiger partial charge in [0.05, 0.1) is 13.2 Å². The van der Waals surface area contributed by atoms with Crippen LogP contribution in [-0.4, -0.2) is 38.3 Å². The fourth-order valence-corrected chi connectivity index (χ4v) is 2.90. The van der Waals surface area contributed by atoms with E-state index >= 15 is 0 Å². The Bertz CT molecular complexity index is 752. The maximum absolute atomic E-state index is 12.4. The largest absolute Gasteiger partial charge is 0.481 e. The molecule has 0 unspecified atom stereocenters. The van der Waals surface area contributed by atoms with E-state index in [2.05, 4.69) is 10.2 Å². The Kier molecular flexibility index (Phi) is 5.78. The van der Waals surface area contributed by atoms with Crippen molar-refractivity contribution in [3.63, 3.8) is 0 Å². The predicted molar refractivity (Wildman–Crippen MR) is 104 cm³/mol. The topological polar surface area (TPSA) is 50.8 Å². The van der Waals surface area contributed by atoms with Crippen LogP contribution in [0, 0.1) is 13.8 Å². The Morgan fingerprint density at radius 3 is 2.50 bits per heavy atom. The Morgan fingerprint density at radius 2 is 1.81 bits per heavy atom. The van der Waals surface area contributed by atoms with Crippen LogP contribution in [0.25, 0.3) is 0 Å². The van der Waals surface area contributed by atoms with Gasteiger partial charge in [0.15, 0.2) is 6.10 Å². The molecule has 1 aliphatic rings. The van der Waals surface area contributed by atoms with Gasteiger partial charge in [0, 0.05) is 24.5 Å². The monoisotopic (exact) mass is 354 g/mol. The standard InChI is InChI=1S/C21H26N2O3/c1-15-4-5-16(2)20(14-15)26-17(3)21(24)22-18-6-8-19(9-7-18)23-10-12-25-13-11-23/h4-9,14,17H,10-13H2,1-3H3,(H,22,24)/t17-/m1/s1. The van der Waals surface area contributed by atoms with Crippen LogP contribution in [0.15, 0.2) is 42.5 Å². The third-order valence-corrected chi connectivity index (χ3v) is 4.53. The highest BCUT2D eigenvalue weighted by Gasteiger charge is 2.16. The minimum atomic E-state index is -0.575. The zero-order valence-corrected chi connectivity index (χ0v) is 15.6. The molecule has 1 N–H and O–H groups in total. The first-order valence-corrected chi connectivity index (χ1v) is 9.00. The van der Waals surface area contributed by atoms with E-state index in [1.807, 2.05) is 56.3 Å². The maximum Gasteiger partial charge on any atom is 0.265 e. The summed E-state index contributed by atoms with van der Waals surface area (Å²) >= 11 is 0. The molecule has 1 aliphatic heterocycles. The van der Waals surface area contributed by atoms with Crippen molar-refractivity contribution in [1.82, 2.24) is 0 Å². The summed E-state index contributed by atoms with van der Waals surface area (Å²) in [5.41, 5.74) is 4.04. The van der Waals surface area contributed by atoms with E-state index < -0.39 is 6.10 Å². The first kappa shape index (κ1) is 18.3. The molecule has 0 aliphatic carbocycles. The summed E-state index contributed by atoms with van der Waals surface area (Å²) in [5.74, 6) is 0.584. The molecule has 1 fully saturated rings. The SMILES string of the molecule is Cc1ccc(C)c(O[C@H](C)C(=O)Nc2ccc(N3CCOCC3)cc2)c1. The highest BCUT2D eigenvalue weighted by atomic mass is 16.5. The molecule has 1 saturated heterocycles. The van der Waals surface area contributed by atoms with Crippen LogP contribution < -0.4 is 15.0 Å². The van der Waals surface area contributed by atoms with E-state index in [1.54, 1.807) is 6.92 Å². The third kappa shape index (κ3) is 4.55. The summed E-state index contributed by atoms with van der Waals surface area (Å²) in [7, 11) is 0. The van der Waals surface area contributed by atoms with Gasteiger partial charge >= 0.3 is 0 Å². The maximum atomic E-state index is 12.4. The normalized spacial score (nSPS) is 15.4. The molecular weight excluding hydrogens is 328 g/mol. The van der Waals surface area contributed by atoms with Gasteiger partial charge < -0.3 is 19.7 Å². The van der Waals surface area contributed by atoms with Gasteiger partial charge in [-0.1, -0.05) is 12.1 Å². The molecule has 2 aromatic carbocycles. The summed E-state index contributed by atoms with van der Waals surface area (Å²) in [6.07, 6.45) is -0.575. The summed E-state index contributed by atoms with van der Waals surface area (Å²) in [6.45, 7) is 9.05. The van der Waals surface area contributed by atoms with Gasteiger partial charge in [-0.2, -0.15) is 0 Å². The Labute approximate surface area is 154 Å². The van der Waals surface area contributed by atoms with Crippen molar-refractivity contribution < 1.29 is 14.3 Å². The summed E-state index contributed by atoms with van der Waals surface area (Å²) < 4.78 is 11.2. The predicted octanol–water partition coefficient (Wildman–Crippen LogP) is 3.55. The lowest BCUT2D eigenvalue weighted by Gasteiger charge is -2.29. The number of hydrogen-bond donors (Lipinski definition) is 1. The summed E-state index contributed by atoms with van der Waals surface area (Å²) in [4.78, 5) is 14.7. The van der Waals surface area contributed by atoms with Crippen LogP contribution in [-0.2, 0) is 9.53 Å². The lowest BCUT2D eigenvalue weighted by Crippen LogP contribution is -2.36. The number of amides is 1. The number of carbonyl (C=O) groups excluding carboxylic acids is 1. The number of rotatable bonds is 5. The zero-order valence-electron chi connectivity index (χ0n) is 15.6. The van der Waals surface area contributed by atoms with Gasteiger partial charge in [0.1, 0.15) is 5.75 Å². The molecular formula is C21H26N2O3. The van der Waals surface area contributed by atoms with Crippen LogP contribution in [0.5, 0.6) is 5.75 Å². The molecule has 0 saturated carbocycles. The van der Waals surface area contributed by atoms with E-state index in [-0.39, 0.29) is 5.91 Å². The number of nitrogens with zero attached hydrogens (tertiary/aromatic N) is 1. The average Bonchev–Trinajstić information content (AvgIpc) is 2.66. The molecule has 26 heavy (non-hydrogen) atoms. The van der Waals surface area contributed by atoms with Crippen LogP contribution in [0.3, 0.4) is 0 Å². The molecule has 0 spiro atoms. The molecule has 138 valence electrons. The van der Waals surface area contributed by atoms with E-state index in [0.29, 0.717) is 0 Å². The minimum absolute atomic E-state index is 0.162. The van der Waals surface area contributed by atoms with Gasteiger partial charge in [-0.05, 0) is 62.2 Å². The lowest BCUT2D eigenvalue weighted by atomic mass is 10.1. The van der Waals surface area contributed by atoms with E-state index in [9.17, 15) is 4.79 Å². The molecule has 1 amide bonds. The van der Waals surface area contributed by atoms with E-state index in [0.717, 1.165) is 54.6 Å². The number of nitrogens with one attached hydrogen (secondary N) is 1. The molecule has 1 heterocycles. The van der Waals surface area contributed by atoms with Crippen molar-refractivity contribution in [2.45, 2.75) is 26.9 Å². The van der Waals surface area contributed by atoms with Gasteiger partial charge in [-0.3, -0.25) is 4.79 Å². The number of anilines is 2. The molecule has 2 aromatic rings. The van der Waals surface area contributed by atoms with Crippen LogP contribution in [0.4, 0.5) is 11.4 Å². The number of carbonyl (C=O) groups is 1. The number of aryl methyl sites for hydroxylation is 2. The third-order valence-electron chi connectivity index (χ3n) is 4.53. The quantitative estimate of drug-likeness (QED) is 0.892. The first-order chi connectivity index (χ1) is 12.5. The minimum Gasteiger partial charge on any atom is -0.481 e. The molecule has 0 radical (unpaired) electrons. The van der Waals surface area contributed by atoms with E-state index in [1.165, 1.54) is 0 Å². The number of morpholine rings is 1. The van der Waals surface area contributed by atoms with Crippen molar-refractivity contribution in [3.8, 4) is 5.75 Å². The van der Waals surface area contributed by atoms with Crippen molar-refractivity contribution in [2.75, 3.05) is 36.5 Å². The van der Waals surface area contributed by atoms with Crippen molar-refractivity contribution >= 4 is 17.3 Å². The molecule has 5 heteroatoms. The van der Waals surface area contributed by atoms with Gasteiger partial charge in [-0.15, -0.1) is 0 Å². The fourth-order valence-electron chi connectivity index (χ4n) is 2.90. The number of hydrogen-bond acceptors (Lipinski definition) is 4.